The Bertz CT molecular complexity index is 927. The highest BCUT2D eigenvalue weighted by Crippen LogP contribution is 2.49. The quantitative estimate of drug-likeness (QED) is 0.580. The van der Waals surface area contributed by atoms with Gasteiger partial charge in [0, 0.05) is 19.3 Å². The third-order valence-corrected chi connectivity index (χ3v) is 6.41. The average molecular weight is 527 g/mol. The molecule has 1 heterocycles. The predicted molar refractivity (Wildman–Crippen MR) is 120 cm³/mol. The van der Waals surface area contributed by atoms with Crippen LogP contribution in [0.15, 0.2) is 51.4 Å². The van der Waals surface area contributed by atoms with Gasteiger partial charge >= 0.3 is 0 Å². The second-order valence-corrected chi connectivity index (χ2v) is 11.4. The van der Waals surface area contributed by atoms with E-state index in [4.69, 9.17) is 0 Å². The van der Waals surface area contributed by atoms with E-state index in [9.17, 15) is 14.7 Å². The maximum atomic E-state index is 13.3. The lowest BCUT2D eigenvalue weighted by Gasteiger charge is -2.24. The minimum atomic E-state index is -1.89. The van der Waals surface area contributed by atoms with Crippen molar-refractivity contribution in [3.05, 3.63) is 62.5 Å². The van der Waals surface area contributed by atoms with Gasteiger partial charge in [0.15, 0.2) is 10.7 Å². The molecule has 0 saturated heterocycles. The Hall–Kier alpha value is -1.15. The molecule has 1 aliphatic rings. The fourth-order valence-corrected chi connectivity index (χ4v) is 5.79. The highest BCUT2D eigenvalue weighted by Gasteiger charge is 2.52. The van der Waals surface area contributed by atoms with E-state index in [-0.39, 0.29) is 16.3 Å². The Morgan fingerprint density at radius 1 is 1.18 bits per heavy atom. The van der Waals surface area contributed by atoms with Gasteiger partial charge in [0.25, 0.3) is 5.91 Å². The SMILES string of the molecule is CC(C)(C)SC(=O)C[C@]1(O)C(=O)N(Cc2ccccc2)c2cc(Br)cc(Br)c21. The Balaban J connectivity index is 2.03. The molecule has 0 aromatic heterocycles. The fraction of sp³-hybridized carbons (Fsp3) is 0.333. The van der Waals surface area contributed by atoms with Crippen LogP contribution >= 0.6 is 43.6 Å². The molecule has 0 radical (unpaired) electrons. The predicted octanol–water partition coefficient (Wildman–Crippen LogP) is 5.39. The van der Waals surface area contributed by atoms with E-state index in [1.54, 1.807) is 17.0 Å². The zero-order chi connectivity index (χ0) is 20.7. The highest BCUT2D eigenvalue weighted by atomic mass is 79.9. The molecule has 0 saturated carbocycles. The van der Waals surface area contributed by atoms with Crippen molar-refractivity contribution in [1.82, 2.24) is 0 Å². The molecule has 4 nitrogen and oxygen atoms in total. The van der Waals surface area contributed by atoms with Crippen molar-refractivity contribution in [1.29, 1.82) is 0 Å². The Morgan fingerprint density at radius 2 is 1.82 bits per heavy atom. The largest absolute Gasteiger partial charge is 0.375 e. The van der Waals surface area contributed by atoms with E-state index in [0.717, 1.165) is 21.8 Å². The summed E-state index contributed by atoms with van der Waals surface area (Å²) in [5.74, 6) is -0.479. The molecule has 2 aromatic rings. The lowest BCUT2D eigenvalue weighted by molar-refractivity contribution is -0.139. The van der Waals surface area contributed by atoms with E-state index in [0.29, 0.717) is 22.3 Å². The smallest absolute Gasteiger partial charge is 0.264 e. The van der Waals surface area contributed by atoms with Gasteiger partial charge in [-0.2, -0.15) is 0 Å². The molecule has 1 atom stereocenters. The van der Waals surface area contributed by atoms with Crippen LogP contribution in [0.4, 0.5) is 5.69 Å². The van der Waals surface area contributed by atoms with Gasteiger partial charge in [0.1, 0.15) is 0 Å². The molecule has 3 rings (SSSR count). The molecule has 0 bridgehead atoms. The van der Waals surface area contributed by atoms with Crippen molar-refractivity contribution in [2.45, 2.75) is 44.1 Å². The van der Waals surface area contributed by atoms with Crippen LogP contribution in [0.2, 0.25) is 0 Å². The Kier molecular flexibility index (Phi) is 6.11. The van der Waals surface area contributed by atoms with Gasteiger partial charge in [-0.1, -0.05) is 94.7 Å². The van der Waals surface area contributed by atoms with Gasteiger partial charge in [-0.3, -0.25) is 9.59 Å². The molecule has 0 spiro atoms. The molecule has 0 unspecified atom stereocenters. The van der Waals surface area contributed by atoms with Crippen LogP contribution in [0.5, 0.6) is 0 Å². The number of nitrogens with zero attached hydrogens (tertiary/aromatic N) is 1. The number of carbonyl (C=O) groups excluding carboxylic acids is 2. The summed E-state index contributed by atoms with van der Waals surface area (Å²) in [5, 5.41) is 11.2. The van der Waals surface area contributed by atoms with Gasteiger partial charge in [0.2, 0.25) is 0 Å². The fourth-order valence-electron chi connectivity index (χ4n) is 3.30. The van der Waals surface area contributed by atoms with E-state index < -0.39 is 11.5 Å². The third-order valence-electron chi connectivity index (χ3n) is 4.34. The standard InChI is InChI=1S/C21H21Br2NO3S/c1-20(2,3)28-17(25)11-21(27)18-15(23)9-14(22)10-16(18)24(19(21)26)12-13-7-5-4-6-8-13/h4-10,27H,11-12H2,1-3H3/t21-/m1/s1. The zero-order valence-corrected chi connectivity index (χ0v) is 19.8. The lowest BCUT2D eigenvalue weighted by Crippen LogP contribution is -2.41. The van der Waals surface area contributed by atoms with Crippen LogP contribution in [0.25, 0.3) is 0 Å². The molecular weight excluding hydrogens is 506 g/mol. The van der Waals surface area contributed by atoms with E-state index in [1.807, 2.05) is 51.1 Å². The van der Waals surface area contributed by atoms with Crippen molar-refractivity contribution in [2.24, 2.45) is 0 Å². The molecule has 148 valence electrons. The van der Waals surface area contributed by atoms with Crippen molar-refractivity contribution in [3.63, 3.8) is 0 Å². The summed E-state index contributed by atoms with van der Waals surface area (Å²) in [6.07, 6.45) is -0.272. The monoisotopic (exact) mass is 525 g/mol. The number of halogens is 2. The summed E-state index contributed by atoms with van der Waals surface area (Å²) < 4.78 is 1.08. The van der Waals surface area contributed by atoms with Crippen molar-refractivity contribution in [3.8, 4) is 0 Å². The van der Waals surface area contributed by atoms with E-state index in [1.165, 1.54) is 0 Å². The zero-order valence-electron chi connectivity index (χ0n) is 15.8. The minimum Gasteiger partial charge on any atom is -0.375 e. The molecule has 2 aromatic carbocycles. The summed E-state index contributed by atoms with van der Waals surface area (Å²) >= 11 is 8.07. The number of carbonyl (C=O) groups is 2. The first-order chi connectivity index (χ1) is 13.0. The summed E-state index contributed by atoms with van der Waals surface area (Å²) in [5.41, 5.74) is 0.0992. The van der Waals surface area contributed by atoms with Gasteiger partial charge in [-0.25, -0.2) is 0 Å². The van der Waals surface area contributed by atoms with Crippen molar-refractivity contribution in [2.75, 3.05) is 4.90 Å². The van der Waals surface area contributed by atoms with E-state index in [2.05, 4.69) is 31.9 Å². The van der Waals surface area contributed by atoms with Crippen LogP contribution in [0.1, 0.15) is 38.3 Å². The van der Waals surface area contributed by atoms with Gasteiger partial charge < -0.3 is 10.0 Å². The summed E-state index contributed by atoms with van der Waals surface area (Å²) in [4.78, 5) is 27.5. The normalized spacial score (nSPS) is 19.1. The van der Waals surface area contributed by atoms with Crippen molar-refractivity contribution < 1.29 is 14.7 Å². The van der Waals surface area contributed by atoms with Crippen LogP contribution in [-0.2, 0) is 21.7 Å². The molecule has 0 aliphatic carbocycles. The number of amides is 1. The van der Waals surface area contributed by atoms with Crippen molar-refractivity contribution >= 4 is 60.3 Å². The van der Waals surface area contributed by atoms with E-state index >= 15 is 0 Å². The topological polar surface area (TPSA) is 57.6 Å². The number of aliphatic hydroxyl groups is 1. The average Bonchev–Trinajstić information content (AvgIpc) is 2.75. The maximum Gasteiger partial charge on any atom is 0.264 e. The third kappa shape index (κ3) is 4.37. The number of rotatable bonds is 4. The molecule has 1 amide bonds. The number of fused-ring (bicyclic) bond motifs is 1. The minimum absolute atomic E-state index is 0.217. The van der Waals surface area contributed by atoms with Gasteiger partial charge in [-0.15, -0.1) is 0 Å². The number of hydrogen-bond acceptors (Lipinski definition) is 4. The molecule has 1 aliphatic heterocycles. The van der Waals surface area contributed by atoms with Crippen LogP contribution in [0.3, 0.4) is 0 Å². The maximum absolute atomic E-state index is 13.3. The Morgan fingerprint density at radius 3 is 2.43 bits per heavy atom. The van der Waals surface area contributed by atoms with Crippen LogP contribution in [-0.4, -0.2) is 20.9 Å². The molecule has 28 heavy (non-hydrogen) atoms. The number of thioether (sulfide) groups is 1. The number of anilines is 1. The molecular formula is C21H21Br2NO3S. The first-order valence-electron chi connectivity index (χ1n) is 8.81. The van der Waals surface area contributed by atoms with Crippen LogP contribution < -0.4 is 4.90 Å². The highest BCUT2D eigenvalue weighted by molar-refractivity contribution is 9.11. The number of hydrogen-bond donors (Lipinski definition) is 1. The summed E-state index contributed by atoms with van der Waals surface area (Å²) in [6, 6.07) is 13.2. The second-order valence-electron chi connectivity index (χ2n) is 7.78. The first-order valence-corrected chi connectivity index (χ1v) is 11.2. The molecule has 7 heteroatoms. The molecule has 0 fully saturated rings. The summed E-state index contributed by atoms with van der Waals surface area (Å²) in [7, 11) is 0. The van der Waals surface area contributed by atoms with Gasteiger partial charge in [0.05, 0.1) is 18.7 Å². The first kappa shape index (κ1) is 21.6. The van der Waals surface area contributed by atoms with Crippen LogP contribution in [0, 0.1) is 0 Å². The Labute approximate surface area is 186 Å². The number of benzene rings is 2. The second kappa shape index (κ2) is 7.94. The summed E-state index contributed by atoms with van der Waals surface area (Å²) in [6.45, 7) is 6.11. The lowest BCUT2D eigenvalue weighted by atomic mass is 9.92. The van der Waals surface area contributed by atoms with Gasteiger partial charge in [-0.05, 0) is 17.7 Å². The molecule has 1 N–H and O–H groups in total.